The Morgan fingerprint density at radius 3 is 2.40 bits per heavy atom. The highest BCUT2D eigenvalue weighted by molar-refractivity contribution is 7.89. The molecule has 1 saturated heterocycles. The Hall–Kier alpha value is -1.31. The molecule has 0 aromatic heterocycles. The van der Waals surface area contributed by atoms with E-state index in [4.69, 9.17) is 14.2 Å². The molecule has 0 bridgehead atoms. The Bertz CT molecular complexity index is 725. The first-order valence-corrected chi connectivity index (χ1v) is 10.4. The third-order valence-electron chi connectivity index (χ3n) is 5.31. The summed E-state index contributed by atoms with van der Waals surface area (Å²) >= 11 is 0. The summed E-state index contributed by atoms with van der Waals surface area (Å²) in [6.07, 6.45) is 2.25. The van der Waals surface area contributed by atoms with E-state index in [1.807, 2.05) is 19.1 Å². The molecule has 0 aliphatic carbocycles. The molecule has 0 N–H and O–H groups in total. The van der Waals surface area contributed by atoms with E-state index in [1.165, 1.54) is 5.56 Å². The van der Waals surface area contributed by atoms with Crippen molar-refractivity contribution in [2.75, 3.05) is 39.7 Å². The number of hydrogen-bond donors (Lipinski definition) is 0. The normalized spacial score (nSPS) is 20.3. The Morgan fingerprint density at radius 2 is 1.80 bits per heavy atom. The van der Waals surface area contributed by atoms with Gasteiger partial charge in [0.05, 0.1) is 20.0 Å². The van der Waals surface area contributed by atoms with E-state index >= 15 is 0 Å². The van der Waals surface area contributed by atoms with E-state index in [2.05, 4.69) is 0 Å². The highest BCUT2D eigenvalue weighted by Gasteiger charge is 2.44. The summed E-state index contributed by atoms with van der Waals surface area (Å²) in [5.74, 6) is 1.51. The topological polar surface area (TPSA) is 65.1 Å². The van der Waals surface area contributed by atoms with E-state index in [-0.39, 0.29) is 11.2 Å². The molecule has 0 radical (unpaired) electrons. The summed E-state index contributed by atoms with van der Waals surface area (Å²) < 4.78 is 43.6. The predicted octanol–water partition coefficient (Wildman–Crippen LogP) is 2.31. The van der Waals surface area contributed by atoms with Crippen LogP contribution in [0.1, 0.15) is 37.3 Å². The summed E-state index contributed by atoms with van der Waals surface area (Å²) in [4.78, 5) is 0. The molecule has 7 heteroatoms. The van der Waals surface area contributed by atoms with Crippen molar-refractivity contribution in [2.45, 2.75) is 38.1 Å². The van der Waals surface area contributed by atoms with Crippen molar-refractivity contribution in [1.29, 1.82) is 0 Å². The third-order valence-corrected chi connectivity index (χ3v) is 7.28. The van der Waals surface area contributed by atoms with E-state index in [1.54, 1.807) is 18.5 Å². The zero-order chi connectivity index (χ0) is 18.1. The van der Waals surface area contributed by atoms with Gasteiger partial charge in [-0.1, -0.05) is 6.92 Å². The molecule has 0 saturated carbocycles. The van der Waals surface area contributed by atoms with Crippen molar-refractivity contribution in [3.8, 4) is 11.5 Å². The van der Waals surface area contributed by atoms with Crippen LogP contribution in [0.4, 0.5) is 0 Å². The van der Waals surface area contributed by atoms with Crippen LogP contribution in [0.2, 0.25) is 0 Å². The van der Waals surface area contributed by atoms with Gasteiger partial charge in [0.2, 0.25) is 10.0 Å². The van der Waals surface area contributed by atoms with Crippen LogP contribution in [0.25, 0.3) is 0 Å². The zero-order valence-corrected chi connectivity index (χ0v) is 16.0. The van der Waals surface area contributed by atoms with Crippen LogP contribution in [0.5, 0.6) is 11.5 Å². The molecule has 2 aliphatic rings. The van der Waals surface area contributed by atoms with Gasteiger partial charge in [0.25, 0.3) is 0 Å². The molecule has 25 heavy (non-hydrogen) atoms. The number of hydrogen-bond acceptors (Lipinski definition) is 5. The molecule has 2 heterocycles. The molecule has 2 aliphatic heterocycles. The van der Waals surface area contributed by atoms with Gasteiger partial charge in [-0.25, -0.2) is 8.42 Å². The van der Waals surface area contributed by atoms with Crippen LogP contribution in [-0.4, -0.2) is 52.5 Å². The van der Waals surface area contributed by atoms with Gasteiger partial charge < -0.3 is 14.2 Å². The third kappa shape index (κ3) is 3.37. The second-order valence-corrected chi connectivity index (χ2v) is 8.93. The molecule has 3 rings (SSSR count). The predicted molar refractivity (Wildman–Crippen MR) is 95.8 cm³/mol. The Balaban J connectivity index is 2.10. The first-order valence-electron chi connectivity index (χ1n) is 8.77. The Labute approximate surface area is 150 Å². The van der Waals surface area contributed by atoms with E-state index < -0.39 is 10.0 Å². The smallest absolute Gasteiger partial charge is 0.214 e. The van der Waals surface area contributed by atoms with Gasteiger partial charge >= 0.3 is 0 Å². The molecule has 6 nitrogen and oxygen atoms in total. The fourth-order valence-corrected chi connectivity index (χ4v) is 5.54. The lowest BCUT2D eigenvalue weighted by atomic mass is 9.70. The van der Waals surface area contributed by atoms with Crippen molar-refractivity contribution in [1.82, 2.24) is 4.31 Å². The molecule has 1 fully saturated rings. The summed E-state index contributed by atoms with van der Waals surface area (Å²) in [6, 6.07) is 3.96. The quantitative estimate of drug-likeness (QED) is 0.797. The standard InChI is InChI=1S/C18H27NO5S/c1-4-9-25(20,21)19-12-14-10-16(22-2)17(23-3)11-15(14)18(13-19)5-7-24-8-6-18/h10-11H,4-9,12-13H2,1-3H3. The lowest BCUT2D eigenvalue weighted by Crippen LogP contribution is -2.50. The minimum absolute atomic E-state index is 0.183. The maximum Gasteiger partial charge on any atom is 0.214 e. The number of rotatable bonds is 5. The molecule has 0 amide bonds. The summed E-state index contributed by atoms with van der Waals surface area (Å²) in [6.45, 7) is 4.10. The molecule has 140 valence electrons. The Kier molecular flexibility index (Phi) is 5.27. The number of ether oxygens (including phenoxy) is 3. The van der Waals surface area contributed by atoms with Crippen LogP contribution < -0.4 is 9.47 Å². The fraction of sp³-hybridized carbons (Fsp3) is 0.667. The van der Waals surface area contributed by atoms with Crippen LogP contribution in [0.15, 0.2) is 12.1 Å². The van der Waals surface area contributed by atoms with Gasteiger partial charge in [-0.15, -0.1) is 0 Å². The number of fused-ring (bicyclic) bond motifs is 2. The van der Waals surface area contributed by atoms with Crippen molar-refractivity contribution >= 4 is 10.0 Å². The zero-order valence-electron chi connectivity index (χ0n) is 15.2. The van der Waals surface area contributed by atoms with Crippen LogP contribution in [0.3, 0.4) is 0 Å². The molecule has 1 spiro atoms. The molecular weight excluding hydrogens is 342 g/mol. The highest BCUT2D eigenvalue weighted by Crippen LogP contribution is 2.45. The number of benzene rings is 1. The number of sulfonamides is 1. The van der Waals surface area contributed by atoms with E-state index in [0.29, 0.717) is 44.2 Å². The van der Waals surface area contributed by atoms with Gasteiger partial charge in [0, 0.05) is 31.7 Å². The van der Waals surface area contributed by atoms with E-state index in [0.717, 1.165) is 18.4 Å². The molecule has 1 aromatic carbocycles. The highest BCUT2D eigenvalue weighted by atomic mass is 32.2. The maximum absolute atomic E-state index is 12.7. The fourth-order valence-electron chi connectivity index (χ4n) is 3.99. The summed E-state index contributed by atoms with van der Waals surface area (Å²) in [7, 11) is -0.0395. The summed E-state index contributed by atoms with van der Waals surface area (Å²) in [5.41, 5.74) is 1.97. The lowest BCUT2D eigenvalue weighted by molar-refractivity contribution is 0.0378. The average Bonchev–Trinajstić information content (AvgIpc) is 2.61. The van der Waals surface area contributed by atoms with E-state index in [9.17, 15) is 8.42 Å². The molecular formula is C18H27NO5S. The second kappa shape index (κ2) is 7.13. The first-order chi connectivity index (χ1) is 12.0. The van der Waals surface area contributed by atoms with Crippen molar-refractivity contribution in [2.24, 2.45) is 0 Å². The molecule has 0 atom stereocenters. The first kappa shape index (κ1) is 18.5. The van der Waals surface area contributed by atoms with Crippen molar-refractivity contribution in [3.63, 3.8) is 0 Å². The lowest BCUT2D eigenvalue weighted by Gasteiger charge is -2.46. The summed E-state index contributed by atoms with van der Waals surface area (Å²) in [5, 5.41) is 0. The minimum Gasteiger partial charge on any atom is -0.493 e. The van der Waals surface area contributed by atoms with Crippen LogP contribution in [0, 0.1) is 0 Å². The maximum atomic E-state index is 12.7. The minimum atomic E-state index is -3.27. The van der Waals surface area contributed by atoms with Crippen LogP contribution >= 0.6 is 0 Å². The van der Waals surface area contributed by atoms with Gasteiger partial charge in [-0.05, 0) is 42.5 Å². The monoisotopic (exact) mass is 369 g/mol. The van der Waals surface area contributed by atoms with Crippen molar-refractivity contribution < 1.29 is 22.6 Å². The molecule has 1 aromatic rings. The number of methoxy groups -OCH3 is 2. The second-order valence-electron chi connectivity index (χ2n) is 6.84. The largest absolute Gasteiger partial charge is 0.493 e. The van der Waals surface area contributed by atoms with Crippen LogP contribution in [-0.2, 0) is 26.7 Å². The van der Waals surface area contributed by atoms with Gasteiger partial charge in [0.15, 0.2) is 11.5 Å². The van der Waals surface area contributed by atoms with Gasteiger partial charge in [-0.2, -0.15) is 4.31 Å². The average molecular weight is 369 g/mol. The van der Waals surface area contributed by atoms with Crippen molar-refractivity contribution in [3.05, 3.63) is 23.3 Å². The van der Waals surface area contributed by atoms with Gasteiger partial charge in [-0.3, -0.25) is 0 Å². The Morgan fingerprint density at radius 1 is 1.16 bits per heavy atom. The number of nitrogens with zero attached hydrogens (tertiary/aromatic N) is 1. The SMILES string of the molecule is CCCS(=O)(=O)N1Cc2cc(OC)c(OC)cc2C2(CCOCC2)C1. The molecule has 0 unspecified atom stereocenters. The van der Waals surface area contributed by atoms with Gasteiger partial charge in [0.1, 0.15) is 0 Å².